The first kappa shape index (κ1) is 50.0. The van der Waals surface area contributed by atoms with E-state index in [4.69, 9.17) is 5.73 Å². The van der Waals surface area contributed by atoms with Crippen LogP contribution in [0.5, 0.6) is 0 Å². The summed E-state index contributed by atoms with van der Waals surface area (Å²) in [6, 6.07) is 19.6. The van der Waals surface area contributed by atoms with Crippen molar-refractivity contribution in [1.82, 2.24) is 37.2 Å². The van der Waals surface area contributed by atoms with Gasteiger partial charge in [-0.2, -0.15) is 0 Å². The maximum atomic E-state index is 14.0. The highest BCUT2D eigenvalue weighted by Crippen LogP contribution is 2.16. The van der Waals surface area contributed by atoms with Gasteiger partial charge in [-0.1, -0.05) is 119 Å². The van der Waals surface area contributed by atoms with Gasteiger partial charge in [-0.3, -0.25) is 38.4 Å². The van der Waals surface area contributed by atoms with Crippen LogP contribution in [0.3, 0.4) is 0 Å². The molecule has 3 aromatic rings. The molecule has 0 aliphatic carbocycles. The van der Waals surface area contributed by atoms with Crippen LogP contribution in [0.15, 0.2) is 103 Å². The predicted octanol–water partition coefficient (Wildman–Crippen LogP) is 0.329. The Bertz CT molecular complexity index is 2080. The van der Waals surface area contributed by atoms with Crippen LogP contribution in [-0.2, 0) is 56.0 Å². The van der Waals surface area contributed by atoms with E-state index < -0.39 is 96.5 Å². The summed E-state index contributed by atoms with van der Waals surface area (Å²) in [5, 5.41) is 27.0. The first-order valence-electron chi connectivity index (χ1n) is 20.3. The number of hydrogen-bond donors (Lipinski definition) is 9. The Morgan fingerprint density at radius 1 is 0.556 bits per heavy atom. The van der Waals surface area contributed by atoms with Crippen molar-refractivity contribution in [3.63, 3.8) is 0 Å². The van der Waals surface area contributed by atoms with Gasteiger partial charge in [0.25, 0.3) is 0 Å². The van der Waals surface area contributed by atoms with Crippen molar-refractivity contribution < 1.29 is 48.3 Å². The van der Waals surface area contributed by atoms with Crippen LogP contribution in [-0.4, -0.2) is 95.6 Å². The Balaban J connectivity index is 1.67. The monoisotopic (exact) mass is 868 g/mol. The first-order valence-corrected chi connectivity index (χ1v) is 20.3. The number of amides is 8. The lowest BCUT2D eigenvalue weighted by Crippen LogP contribution is -2.57. The Kier molecular flexibility index (Phi) is 20.2. The molecule has 3 aromatic carbocycles. The summed E-state index contributed by atoms with van der Waals surface area (Å²) in [6.45, 7) is 5.97. The minimum absolute atomic E-state index is 0.0238. The maximum Gasteiger partial charge on any atom is 0.326 e. The number of nitrogens with one attached hydrogen (secondary N) is 7. The van der Waals surface area contributed by atoms with Crippen LogP contribution >= 0.6 is 0 Å². The number of aliphatic carboxylic acids is 1. The van der Waals surface area contributed by atoms with E-state index in [-0.39, 0.29) is 31.1 Å². The van der Waals surface area contributed by atoms with E-state index in [0.717, 1.165) is 12.2 Å². The maximum absolute atomic E-state index is 14.0. The van der Waals surface area contributed by atoms with Crippen LogP contribution in [0.25, 0.3) is 0 Å². The molecular weight excluding hydrogens is 813 g/mol. The van der Waals surface area contributed by atoms with Crippen LogP contribution in [0.4, 0.5) is 0 Å². The molecule has 0 bridgehead atoms. The van der Waals surface area contributed by atoms with Gasteiger partial charge in [0.1, 0.15) is 30.2 Å². The van der Waals surface area contributed by atoms with Gasteiger partial charge in [0.05, 0.1) is 13.1 Å². The van der Waals surface area contributed by atoms with Gasteiger partial charge >= 0.3 is 5.97 Å². The topological polar surface area (TPSA) is 284 Å². The highest BCUT2D eigenvalue weighted by Gasteiger charge is 2.33. The fraction of sp³-hybridized carbons (Fsp3) is 0.356. The second-order valence-electron chi connectivity index (χ2n) is 15.4. The summed E-state index contributed by atoms with van der Waals surface area (Å²) >= 11 is 0. The zero-order valence-corrected chi connectivity index (χ0v) is 35.6. The third-order valence-corrected chi connectivity index (χ3v) is 9.38. The molecule has 0 radical (unpaired) electrons. The Morgan fingerprint density at radius 3 is 1.59 bits per heavy atom. The van der Waals surface area contributed by atoms with Crippen molar-refractivity contribution in [2.45, 2.75) is 77.2 Å². The molecule has 0 heterocycles. The predicted molar refractivity (Wildman–Crippen MR) is 232 cm³/mol. The zero-order chi connectivity index (χ0) is 46.5. The average Bonchev–Trinajstić information content (AvgIpc) is 3.24. The fourth-order valence-electron chi connectivity index (χ4n) is 6.16. The molecule has 8 amide bonds. The van der Waals surface area contributed by atoms with Crippen LogP contribution in [0.2, 0.25) is 0 Å². The lowest BCUT2D eigenvalue weighted by atomic mass is 9.99. The lowest BCUT2D eigenvalue weighted by molar-refractivity contribution is -0.141. The molecule has 18 nitrogen and oxygen atoms in total. The van der Waals surface area contributed by atoms with E-state index in [9.17, 15) is 48.3 Å². The van der Waals surface area contributed by atoms with Crippen molar-refractivity contribution in [2.75, 3.05) is 13.1 Å². The van der Waals surface area contributed by atoms with E-state index in [1.54, 1.807) is 105 Å². The highest BCUT2D eigenvalue weighted by molar-refractivity contribution is 6.00. The number of hydrogen-bond acceptors (Lipinski definition) is 9. The van der Waals surface area contributed by atoms with E-state index in [2.05, 4.69) is 37.2 Å². The standard InChI is InChI=1S/C45H56N8O10/c1-27(2)22-32(42(59)52-39(28(3)4)41(46)58)51-44(61)40(31-18-12-7-13-19-31)53-43(60)33(23-29-14-8-5-9-15-29)49-36(55)21-20-35(54)47-25-37(56)48-26-38(57)50-34(45(62)63)24-30-16-10-6-11-17-30/h5-21,27-28,32-34,39-40H,22-26H2,1-4H3,(H2,46,58)(H,47,54)(H,48,56)(H,49,55)(H,50,57)(H,51,61)(H,52,59)(H,53,60)(H,62,63). The number of nitrogens with two attached hydrogens (primary N) is 1. The molecule has 10 N–H and O–H groups in total. The fourth-order valence-corrected chi connectivity index (χ4v) is 6.16. The largest absolute Gasteiger partial charge is 0.480 e. The molecule has 5 unspecified atom stereocenters. The van der Waals surface area contributed by atoms with Gasteiger partial charge in [-0.25, -0.2) is 4.79 Å². The summed E-state index contributed by atoms with van der Waals surface area (Å²) in [5.74, 6) is -7.81. The van der Waals surface area contributed by atoms with Gasteiger partial charge in [0.2, 0.25) is 47.3 Å². The second-order valence-corrected chi connectivity index (χ2v) is 15.4. The smallest absolute Gasteiger partial charge is 0.326 e. The van der Waals surface area contributed by atoms with Crippen LogP contribution in [0, 0.1) is 11.8 Å². The molecule has 0 aliphatic rings. The molecule has 0 saturated heterocycles. The lowest BCUT2D eigenvalue weighted by Gasteiger charge is -2.27. The first-order chi connectivity index (χ1) is 29.9. The summed E-state index contributed by atoms with van der Waals surface area (Å²) in [6.07, 6.45) is 1.86. The quantitative estimate of drug-likeness (QED) is 0.0557. The molecule has 0 aliphatic heterocycles. The van der Waals surface area contributed by atoms with E-state index in [1.807, 2.05) is 13.8 Å². The second kappa shape index (κ2) is 25.4. The SMILES string of the molecule is CC(C)CC(NC(=O)C(NC(=O)C(Cc1ccccc1)NC(=O)C=CC(=O)NCC(=O)NCC(=O)NC(Cc1ccccc1)C(=O)O)c1ccccc1)C(=O)NC(C(N)=O)C(C)C. The molecule has 18 heteroatoms. The van der Waals surface area contributed by atoms with Crippen molar-refractivity contribution in [3.8, 4) is 0 Å². The Hall–Kier alpha value is -7.37. The molecule has 0 fully saturated rings. The van der Waals surface area contributed by atoms with Gasteiger partial charge < -0.3 is 48.1 Å². The van der Waals surface area contributed by atoms with Crippen LogP contribution < -0.4 is 43.0 Å². The minimum atomic E-state index is -1.35. The molecule has 0 saturated carbocycles. The third kappa shape index (κ3) is 18.0. The van der Waals surface area contributed by atoms with Crippen molar-refractivity contribution in [2.24, 2.45) is 17.6 Å². The molecule has 0 aromatic heterocycles. The minimum Gasteiger partial charge on any atom is -0.480 e. The average molecular weight is 869 g/mol. The number of primary amides is 1. The van der Waals surface area contributed by atoms with Gasteiger partial charge in [-0.05, 0) is 34.9 Å². The van der Waals surface area contributed by atoms with E-state index in [1.165, 1.54) is 0 Å². The number of carboxylic acid groups (broad SMARTS) is 1. The molecule has 5 atom stereocenters. The molecular formula is C45H56N8O10. The number of carboxylic acids is 1. The van der Waals surface area contributed by atoms with Crippen molar-refractivity contribution in [1.29, 1.82) is 0 Å². The molecule has 336 valence electrons. The van der Waals surface area contributed by atoms with Crippen LogP contribution in [0.1, 0.15) is 56.8 Å². The Morgan fingerprint density at radius 2 is 1.06 bits per heavy atom. The number of carbonyl (C=O) groups is 9. The highest BCUT2D eigenvalue weighted by atomic mass is 16.4. The number of rotatable bonds is 24. The van der Waals surface area contributed by atoms with Crippen molar-refractivity contribution >= 4 is 53.2 Å². The molecule has 0 spiro atoms. The van der Waals surface area contributed by atoms with E-state index in [0.29, 0.717) is 16.7 Å². The summed E-state index contributed by atoms with van der Waals surface area (Å²) in [5.41, 5.74) is 7.21. The summed E-state index contributed by atoms with van der Waals surface area (Å²) < 4.78 is 0. The van der Waals surface area contributed by atoms with E-state index >= 15 is 0 Å². The number of carbonyl (C=O) groups excluding carboxylic acids is 8. The van der Waals surface area contributed by atoms with Crippen molar-refractivity contribution in [3.05, 3.63) is 120 Å². The number of benzene rings is 3. The zero-order valence-electron chi connectivity index (χ0n) is 35.6. The normalized spacial score (nSPS) is 13.4. The summed E-state index contributed by atoms with van der Waals surface area (Å²) in [7, 11) is 0. The van der Waals surface area contributed by atoms with Gasteiger partial charge in [-0.15, -0.1) is 0 Å². The van der Waals surface area contributed by atoms with Gasteiger partial charge in [0.15, 0.2) is 0 Å². The molecule has 63 heavy (non-hydrogen) atoms. The van der Waals surface area contributed by atoms with Gasteiger partial charge in [0, 0.05) is 25.0 Å². The molecule has 3 rings (SSSR count). The third-order valence-electron chi connectivity index (χ3n) is 9.38. The Labute approximate surface area is 365 Å². The summed E-state index contributed by atoms with van der Waals surface area (Å²) in [4.78, 5) is 116.